The van der Waals surface area contributed by atoms with Crippen molar-refractivity contribution in [3.05, 3.63) is 65.7 Å². The van der Waals surface area contributed by atoms with Crippen molar-refractivity contribution in [1.82, 2.24) is 5.32 Å². The zero-order chi connectivity index (χ0) is 15.8. The summed E-state index contributed by atoms with van der Waals surface area (Å²) in [5, 5.41) is 12.3. The maximum Gasteiger partial charge on any atom is 0.220 e. The lowest BCUT2D eigenvalue weighted by atomic mass is 10.1. The van der Waals surface area contributed by atoms with E-state index in [9.17, 15) is 9.90 Å². The van der Waals surface area contributed by atoms with Crippen molar-refractivity contribution in [3.63, 3.8) is 0 Å². The molecule has 4 nitrogen and oxygen atoms in total. The number of rotatable bonds is 7. The van der Waals surface area contributed by atoms with Crippen LogP contribution < -0.4 is 5.32 Å². The summed E-state index contributed by atoms with van der Waals surface area (Å²) >= 11 is 0. The van der Waals surface area contributed by atoms with Gasteiger partial charge in [-0.2, -0.15) is 0 Å². The predicted octanol–water partition coefficient (Wildman–Crippen LogP) is 2.83. The summed E-state index contributed by atoms with van der Waals surface area (Å²) in [7, 11) is 1.60. The van der Waals surface area contributed by atoms with E-state index in [1.54, 1.807) is 31.4 Å². The van der Waals surface area contributed by atoms with Gasteiger partial charge in [0, 0.05) is 13.5 Å². The van der Waals surface area contributed by atoms with Crippen molar-refractivity contribution in [2.45, 2.75) is 18.9 Å². The highest BCUT2D eigenvalue weighted by atomic mass is 16.5. The smallest absolute Gasteiger partial charge is 0.220 e. The number of aromatic hydroxyl groups is 1. The third-order valence-electron chi connectivity index (χ3n) is 3.45. The molecule has 0 aliphatic carbocycles. The molecular weight excluding hydrogens is 278 g/mol. The molecule has 0 aromatic heterocycles. The molecule has 22 heavy (non-hydrogen) atoms. The molecule has 0 radical (unpaired) electrons. The SMILES string of the molecule is COCC(NC(=O)CCc1ccccc1)c1ccc(O)cc1. The van der Waals surface area contributed by atoms with Crippen LogP contribution in [0.1, 0.15) is 23.6 Å². The molecule has 0 heterocycles. The van der Waals surface area contributed by atoms with Gasteiger partial charge in [0.1, 0.15) is 5.75 Å². The molecule has 1 atom stereocenters. The molecule has 2 aromatic carbocycles. The van der Waals surface area contributed by atoms with Gasteiger partial charge in [-0.3, -0.25) is 4.79 Å². The van der Waals surface area contributed by atoms with E-state index in [2.05, 4.69) is 5.32 Å². The number of hydrogen-bond acceptors (Lipinski definition) is 3. The average Bonchev–Trinajstić information content (AvgIpc) is 2.54. The topological polar surface area (TPSA) is 58.6 Å². The standard InChI is InChI=1S/C18H21NO3/c1-22-13-17(15-8-10-16(20)11-9-15)19-18(21)12-7-14-5-3-2-4-6-14/h2-6,8-11,17,20H,7,12-13H2,1H3,(H,19,21). The fourth-order valence-electron chi connectivity index (χ4n) is 2.26. The molecule has 2 rings (SSSR count). The molecular formula is C18H21NO3. The molecule has 0 saturated heterocycles. The lowest BCUT2D eigenvalue weighted by Gasteiger charge is -2.18. The van der Waals surface area contributed by atoms with E-state index in [1.165, 1.54) is 0 Å². The van der Waals surface area contributed by atoms with Gasteiger partial charge >= 0.3 is 0 Å². The Hall–Kier alpha value is -2.33. The van der Waals surface area contributed by atoms with E-state index in [4.69, 9.17) is 4.74 Å². The van der Waals surface area contributed by atoms with Crippen LogP contribution in [0.3, 0.4) is 0 Å². The molecule has 2 N–H and O–H groups in total. The number of hydrogen-bond donors (Lipinski definition) is 2. The number of carbonyl (C=O) groups excluding carboxylic acids is 1. The molecule has 1 amide bonds. The molecule has 116 valence electrons. The second-order valence-corrected chi connectivity index (χ2v) is 5.15. The van der Waals surface area contributed by atoms with E-state index < -0.39 is 0 Å². The summed E-state index contributed by atoms with van der Waals surface area (Å²) in [5.41, 5.74) is 2.05. The summed E-state index contributed by atoms with van der Waals surface area (Å²) in [6, 6.07) is 16.5. The van der Waals surface area contributed by atoms with E-state index >= 15 is 0 Å². The minimum atomic E-state index is -0.214. The van der Waals surface area contributed by atoms with Gasteiger partial charge in [0.25, 0.3) is 0 Å². The third-order valence-corrected chi connectivity index (χ3v) is 3.45. The molecule has 2 aromatic rings. The molecule has 4 heteroatoms. The fraction of sp³-hybridized carbons (Fsp3) is 0.278. The Labute approximate surface area is 130 Å². The first kappa shape index (κ1) is 16.0. The number of amides is 1. The molecule has 0 spiro atoms. The first-order valence-electron chi connectivity index (χ1n) is 7.30. The number of phenolic OH excluding ortho intramolecular Hbond substituents is 1. The van der Waals surface area contributed by atoms with Crippen LogP contribution in [0.5, 0.6) is 5.75 Å². The van der Waals surface area contributed by atoms with Gasteiger partial charge in [-0.1, -0.05) is 42.5 Å². The second kappa shape index (κ2) is 8.20. The van der Waals surface area contributed by atoms with Crippen LogP contribution in [-0.4, -0.2) is 24.7 Å². The number of methoxy groups -OCH3 is 1. The van der Waals surface area contributed by atoms with Crippen molar-refractivity contribution in [3.8, 4) is 5.75 Å². The first-order chi connectivity index (χ1) is 10.7. The van der Waals surface area contributed by atoms with Crippen LogP contribution in [0.4, 0.5) is 0 Å². The minimum Gasteiger partial charge on any atom is -0.508 e. The highest BCUT2D eigenvalue weighted by Gasteiger charge is 2.14. The van der Waals surface area contributed by atoms with Crippen LogP contribution in [0.15, 0.2) is 54.6 Å². The van der Waals surface area contributed by atoms with Crippen LogP contribution in [-0.2, 0) is 16.0 Å². The van der Waals surface area contributed by atoms with E-state index in [0.717, 1.165) is 11.1 Å². The Balaban J connectivity index is 1.92. The Morgan fingerprint density at radius 1 is 1.14 bits per heavy atom. The monoisotopic (exact) mass is 299 g/mol. The quantitative estimate of drug-likeness (QED) is 0.826. The van der Waals surface area contributed by atoms with Crippen molar-refractivity contribution in [2.24, 2.45) is 0 Å². The number of phenols is 1. The second-order valence-electron chi connectivity index (χ2n) is 5.15. The van der Waals surface area contributed by atoms with Gasteiger partial charge in [0.15, 0.2) is 0 Å². The van der Waals surface area contributed by atoms with E-state index in [0.29, 0.717) is 19.4 Å². The van der Waals surface area contributed by atoms with Gasteiger partial charge < -0.3 is 15.2 Å². The predicted molar refractivity (Wildman–Crippen MR) is 85.6 cm³/mol. The van der Waals surface area contributed by atoms with Gasteiger partial charge in [-0.25, -0.2) is 0 Å². The molecule has 0 fully saturated rings. The molecule has 0 aliphatic heterocycles. The number of carbonyl (C=O) groups is 1. The van der Waals surface area contributed by atoms with Crippen molar-refractivity contribution < 1.29 is 14.6 Å². The van der Waals surface area contributed by atoms with Gasteiger partial charge in [0.05, 0.1) is 12.6 Å². The highest BCUT2D eigenvalue weighted by molar-refractivity contribution is 5.76. The van der Waals surface area contributed by atoms with Gasteiger partial charge in [0.2, 0.25) is 5.91 Å². The van der Waals surface area contributed by atoms with Gasteiger partial charge in [-0.15, -0.1) is 0 Å². The summed E-state index contributed by atoms with van der Waals surface area (Å²) in [6.45, 7) is 0.391. The van der Waals surface area contributed by atoms with Crippen LogP contribution in [0.2, 0.25) is 0 Å². The van der Waals surface area contributed by atoms with Gasteiger partial charge in [-0.05, 0) is 29.7 Å². The van der Waals surface area contributed by atoms with Crippen molar-refractivity contribution >= 4 is 5.91 Å². The number of benzene rings is 2. The molecule has 0 aliphatic rings. The Morgan fingerprint density at radius 2 is 1.82 bits per heavy atom. The van der Waals surface area contributed by atoms with Crippen LogP contribution >= 0.6 is 0 Å². The van der Waals surface area contributed by atoms with Crippen LogP contribution in [0, 0.1) is 0 Å². The number of ether oxygens (including phenoxy) is 1. The fourth-order valence-corrected chi connectivity index (χ4v) is 2.26. The summed E-state index contributed by atoms with van der Waals surface area (Å²) in [5.74, 6) is 0.189. The van der Waals surface area contributed by atoms with E-state index in [-0.39, 0.29) is 17.7 Å². The lowest BCUT2D eigenvalue weighted by molar-refractivity contribution is -0.122. The Bertz CT molecular complexity index is 581. The number of nitrogens with one attached hydrogen (secondary N) is 1. The lowest BCUT2D eigenvalue weighted by Crippen LogP contribution is -2.31. The largest absolute Gasteiger partial charge is 0.508 e. The normalized spacial score (nSPS) is 11.9. The third kappa shape index (κ3) is 4.90. The molecule has 0 saturated carbocycles. The molecule has 0 bridgehead atoms. The zero-order valence-electron chi connectivity index (χ0n) is 12.7. The van der Waals surface area contributed by atoms with Crippen molar-refractivity contribution in [1.29, 1.82) is 0 Å². The maximum atomic E-state index is 12.1. The summed E-state index contributed by atoms with van der Waals surface area (Å²) in [6.07, 6.45) is 1.14. The molecule has 1 unspecified atom stereocenters. The van der Waals surface area contributed by atoms with Crippen LogP contribution in [0.25, 0.3) is 0 Å². The summed E-state index contributed by atoms with van der Waals surface area (Å²) < 4.78 is 5.18. The Kier molecular flexibility index (Phi) is 5.98. The average molecular weight is 299 g/mol. The number of aryl methyl sites for hydroxylation is 1. The Morgan fingerprint density at radius 3 is 2.45 bits per heavy atom. The van der Waals surface area contributed by atoms with E-state index in [1.807, 2.05) is 30.3 Å². The zero-order valence-corrected chi connectivity index (χ0v) is 12.7. The first-order valence-corrected chi connectivity index (χ1v) is 7.30. The maximum absolute atomic E-state index is 12.1. The minimum absolute atomic E-state index is 0.0148. The van der Waals surface area contributed by atoms with Crippen molar-refractivity contribution in [2.75, 3.05) is 13.7 Å². The summed E-state index contributed by atoms with van der Waals surface area (Å²) in [4.78, 5) is 12.1. The highest BCUT2D eigenvalue weighted by Crippen LogP contribution is 2.17.